The second-order valence-corrected chi connectivity index (χ2v) is 9.82. The molecule has 4 rings (SSSR count). The van der Waals surface area contributed by atoms with Crippen LogP contribution in [0.25, 0.3) is 0 Å². The molecular formula is C18H24ClN3O3S. The van der Waals surface area contributed by atoms with E-state index < -0.39 is 9.84 Å². The van der Waals surface area contributed by atoms with Crippen LogP contribution in [-0.2, 0) is 14.6 Å². The summed E-state index contributed by atoms with van der Waals surface area (Å²) in [4.78, 5) is 6.89. The van der Waals surface area contributed by atoms with E-state index in [1.807, 2.05) is 0 Å². The van der Waals surface area contributed by atoms with Crippen LogP contribution in [0.1, 0.15) is 12.8 Å². The third-order valence-electron chi connectivity index (χ3n) is 5.79. The van der Waals surface area contributed by atoms with Crippen LogP contribution >= 0.6 is 11.6 Å². The molecule has 3 saturated heterocycles. The Hall–Kier alpha value is -1.31. The smallest absolute Gasteiger partial charge is 0.193 e. The molecule has 3 fully saturated rings. The molecule has 1 N–H and O–H groups in total. The van der Waals surface area contributed by atoms with Crippen LogP contribution < -0.4 is 5.32 Å². The van der Waals surface area contributed by atoms with Crippen molar-refractivity contribution in [2.75, 3.05) is 32.4 Å². The molecular weight excluding hydrogens is 374 g/mol. The fraction of sp³-hybridized carbons (Fsp3) is 0.611. The Morgan fingerprint density at radius 1 is 1.23 bits per heavy atom. The average Bonchev–Trinajstić information content (AvgIpc) is 3.32. The van der Waals surface area contributed by atoms with Gasteiger partial charge >= 0.3 is 0 Å². The number of hydrogen-bond acceptors (Lipinski definition) is 4. The molecule has 3 aliphatic heterocycles. The van der Waals surface area contributed by atoms with Crippen LogP contribution in [-0.4, -0.2) is 63.9 Å². The van der Waals surface area contributed by atoms with Gasteiger partial charge in [-0.2, -0.15) is 0 Å². The zero-order valence-corrected chi connectivity index (χ0v) is 16.3. The van der Waals surface area contributed by atoms with Crippen molar-refractivity contribution in [2.24, 2.45) is 16.8 Å². The maximum atomic E-state index is 12.4. The second kappa shape index (κ2) is 7.02. The average molecular weight is 398 g/mol. The molecule has 8 heteroatoms. The molecule has 0 saturated carbocycles. The van der Waals surface area contributed by atoms with Crippen molar-refractivity contribution in [3.8, 4) is 0 Å². The summed E-state index contributed by atoms with van der Waals surface area (Å²) in [6.45, 7) is 2.21. The molecule has 4 atom stereocenters. The van der Waals surface area contributed by atoms with Crippen molar-refractivity contribution in [3.63, 3.8) is 0 Å². The standard InChI is InChI=1S/C18H24ClN3O3S/c1-20-18(22-10-14-15(11-22)17-7-6-16(14)25-17)21-8-9-26(23,24)13-4-2-12(19)3-5-13/h2-5,14-17H,6-11H2,1H3,(H,20,21). The number of aliphatic imine (C=N–C) groups is 1. The fourth-order valence-corrected chi connectivity index (χ4v) is 5.81. The van der Waals surface area contributed by atoms with Crippen LogP contribution in [0.15, 0.2) is 34.2 Å². The highest BCUT2D eigenvalue weighted by atomic mass is 35.5. The first-order valence-corrected chi connectivity index (χ1v) is 11.1. The van der Waals surface area contributed by atoms with Gasteiger partial charge in [0.05, 0.1) is 22.9 Å². The lowest BCUT2D eigenvalue weighted by atomic mass is 9.82. The Labute approximate surface area is 159 Å². The van der Waals surface area contributed by atoms with Gasteiger partial charge in [0.1, 0.15) is 0 Å². The predicted molar refractivity (Wildman–Crippen MR) is 101 cm³/mol. The minimum atomic E-state index is -3.34. The van der Waals surface area contributed by atoms with Gasteiger partial charge in [-0.15, -0.1) is 0 Å². The lowest BCUT2D eigenvalue weighted by Gasteiger charge is -2.23. The van der Waals surface area contributed by atoms with Crippen LogP contribution in [0, 0.1) is 11.8 Å². The van der Waals surface area contributed by atoms with E-state index in [2.05, 4.69) is 15.2 Å². The summed E-state index contributed by atoms with van der Waals surface area (Å²) in [7, 11) is -1.60. The molecule has 0 aromatic heterocycles. The number of ether oxygens (including phenoxy) is 1. The first-order chi connectivity index (χ1) is 12.5. The molecule has 0 aliphatic carbocycles. The summed E-state index contributed by atoms with van der Waals surface area (Å²) in [5.41, 5.74) is 0. The number of halogens is 1. The summed E-state index contributed by atoms with van der Waals surface area (Å²) in [5, 5.41) is 3.75. The SMILES string of the molecule is CN=C(NCCS(=O)(=O)c1ccc(Cl)cc1)N1CC2C3CCC(O3)C2C1. The summed E-state index contributed by atoms with van der Waals surface area (Å²) in [5.74, 6) is 1.98. The van der Waals surface area contributed by atoms with Gasteiger partial charge in [0, 0.05) is 43.5 Å². The van der Waals surface area contributed by atoms with Crippen LogP contribution in [0.5, 0.6) is 0 Å². The Kier molecular flexibility index (Phi) is 4.88. The van der Waals surface area contributed by atoms with Crippen molar-refractivity contribution < 1.29 is 13.2 Å². The highest BCUT2D eigenvalue weighted by Gasteiger charge is 2.53. The quantitative estimate of drug-likeness (QED) is 0.619. The van der Waals surface area contributed by atoms with E-state index in [0.29, 0.717) is 40.5 Å². The predicted octanol–water partition coefficient (Wildman–Crippen LogP) is 1.80. The van der Waals surface area contributed by atoms with Gasteiger partial charge in [-0.3, -0.25) is 4.99 Å². The Morgan fingerprint density at radius 2 is 1.85 bits per heavy atom. The molecule has 3 aliphatic rings. The fourth-order valence-electron chi connectivity index (χ4n) is 4.52. The molecule has 0 radical (unpaired) electrons. The summed E-state index contributed by atoms with van der Waals surface area (Å²) >= 11 is 5.83. The van der Waals surface area contributed by atoms with E-state index in [0.717, 1.165) is 19.0 Å². The van der Waals surface area contributed by atoms with Crippen molar-refractivity contribution >= 4 is 27.4 Å². The highest BCUT2D eigenvalue weighted by Crippen LogP contribution is 2.47. The van der Waals surface area contributed by atoms with Crippen molar-refractivity contribution in [3.05, 3.63) is 29.3 Å². The number of rotatable bonds is 4. The lowest BCUT2D eigenvalue weighted by molar-refractivity contribution is 0.0767. The number of nitrogens with zero attached hydrogens (tertiary/aromatic N) is 2. The summed E-state index contributed by atoms with van der Waals surface area (Å²) < 4.78 is 30.9. The Balaban J connectivity index is 1.33. The van der Waals surface area contributed by atoms with Gasteiger partial charge in [0.25, 0.3) is 0 Å². The molecule has 0 spiro atoms. The summed E-state index contributed by atoms with van der Waals surface area (Å²) in [6, 6.07) is 6.29. The van der Waals surface area contributed by atoms with E-state index in [9.17, 15) is 8.42 Å². The lowest BCUT2D eigenvalue weighted by Crippen LogP contribution is -2.42. The maximum absolute atomic E-state index is 12.4. The number of hydrogen-bond donors (Lipinski definition) is 1. The van der Waals surface area contributed by atoms with E-state index in [1.54, 1.807) is 31.3 Å². The molecule has 26 heavy (non-hydrogen) atoms. The van der Waals surface area contributed by atoms with Gasteiger partial charge < -0.3 is 15.0 Å². The van der Waals surface area contributed by atoms with E-state index >= 15 is 0 Å². The molecule has 1 aromatic carbocycles. The van der Waals surface area contributed by atoms with Crippen LogP contribution in [0.4, 0.5) is 0 Å². The number of nitrogens with one attached hydrogen (secondary N) is 1. The van der Waals surface area contributed by atoms with Crippen LogP contribution in [0.2, 0.25) is 5.02 Å². The van der Waals surface area contributed by atoms with Gasteiger partial charge in [0.2, 0.25) is 0 Å². The largest absolute Gasteiger partial charge is 0.374 e. The molecule has 6 nitrogen and oxygen atoms in total. The van der Waals surface area contributed by atoms with Gasteiger partial charge in [-0.05, 0) is 37.1 Å². The molecule has 3 heterocycles. The number of fused-ring (bicyclic) bond motifs is 5. The molecule has 0 amide bonds. The normalized spacial score (nSPS) is 30.7. The Morgan fingerprint density at radius 3 is 2.42 bits per heavy atom. The third kappa shape index (κ3) is 3.32. The van der Waals surface area contributed by atoms with E-state index in [1.165, 1.54) is 12.8 Å². The summed E-state index contributed by atoms with van der Waals surface area (Å²) in [6.07, 6.45) is 3.15. The van der Waals surface area contributed by atoms with Crippen molar-refractivity contribution in [2.45, 2.75) is 29.9 Å². The molecule has 142 valence electrons. The van der Waals surface area contributed by atoms with Gasteiger partial charge in [0.15, 0.2) is 15.8 Å². The number of benzene rings is 1. The minimum Gasteiger partial charge on any atom is -0.374 e. The van der Waals surface area contributed by atoms with Gasteiger partial charge in [-0.1, -0.05) is 11.6 Å². The van der Waals surface area contributed by atoms with Gasteiger partial charge in [-0.25, -0.2) is 8.42 Å². The highest BCUT2D eigenvalue weighted by molar-refractivity contribution is 7.91. The minimum absolute atomic E-state index is 0.0166. The van der Waals surface area contributed by atoms with Crippen molar-refractivity contribution in [1.82, 2.24) is 10.2 Å². The first-order valence-electron chi connectivity index (χ1n) is 9.07. The Bertz CT molecular complexity index is 778. The first kappa shape index (κ1) is 18.1. The third-order valence-corrected chi connectivity index (χ3v) is 7.77. The monoisotopic (exact) mass is 397 g/mol. The zero-order valence-electron chi connectivity index (χ0n) is 14.8. The van der Waals surface area contributed by atoms with E-state index in [-0.39, 0.29) is 5.75 Å². The maximum Gasteiger partial charge on any atom is 0.193 e. The number of likely N-dealkylation sites (tertiary alicyclic amines) is 1. The molecule has 4 unspecified atom stereocenters. The van der Waals surface area contributed by atoms with Crippen molar-refractivity contribution in [1.29, 1.82) is 0 Å². The van der Waals surface area contributed by atoms with E-state index in [4.69, 9.17) is 16.3 Å². The zero-order chi connectivity index (χ0) is 18.3. The molecule has 2 bridgehead atoms. The van der Waals surface area contributed by atoms with Crippen LogP contribution in [0.3, 0.4) is 0 Å². The topological polar surface area (TPSA) is 71.0 Å². The number of guanidine groups is 1. The number of sulfone groups is 1. The second-order valence-electron chi connectivity index (χ2n) is 7.27. The molecule has 1 aromatic rings.